The summed E-state index contributed by atoms with van der Waals surface area (Å²) in [4.78, 5) is 8.47. The van der Waals surface area contributed by atoms with Crippen LogP contribution in [0.25, 0.3) is 0 Å². The molecule has 1 heterocycles. The Hall–Kier alpha value is -1.12. The van der Waals surface area contributed by atoms with Crippen LogP contribution in [0.4, 0.5) is 5.82 Å². The molecule has 3 heteroatoms. The number of hydrogen-bond acceptors (Lipinski definition) is 3. The second-order valence-corrected chi connectivity index (χ2v) is 4.20. The van der Waals surface area contributed by atoms with E-state index in [0.717, 1.165) is 18.1 Å². The third kappa shape index (κ3) is 1.86. The first kappa shape index (κ1) is 9.44. The van der Waals surface area contributed by atoms with Crippen LogP contribution in [0.15, 0.2) is 12.4 Å². The highest BCUT2D eigenvalue weighted by atomic mass is 15.0. The molecule has 0 aliphatic heterocycles. The molecule has 1 aromatic rings. The molecular weight excluding hydrogens is 174 g/mol. The van der Waals surface area contributed by atoms with Crippen LogP contribution in [0.5, 0.6) is 0 Å². The Balaban J connectivity index is 1.95. The van der Waals surface area contributed by atoms with Crippen molar-refractivity contribution < 1.29 is 0 Å². The molecule has 3 nitrogen and oxygen atoms in total. The number of rotatable bonds is 4. The number of nitrogens with one attached hydrogen (secondary N) is 1. The Labute approximate surface area is 85.0 Å². The van der Waals surface area contributed by atoms with E-state index in [9.17, 15) is 0 Å². The minimum atomic E-state index is 0.559. The summed E-state index contributed by atoms with van der Waals surface area (Å²) in [5, 5.41) is 3.39. The van der Waals surface area contributed by atoms with Gasteiger partial charge in [0.15, 0.2) is 0 Å². The summed E-state index contributed by atoms with van der Waals surface area (Å²) >= 11 is 0. The lowest BCUT2D eigenvalue weighted by Gasteiger charge is -2.14. The predicted octanol–water partition coefficient (Wildman–Crippen LogP) is 2.39. The normalized spacial score (nSPS) is 17.9. The molecule has 1 aromatic heterocycles. The standard InChI is InChI=1S/C11H17N3/c1-3-11(4-5-11)8-14-10-9(2)12-6-7-13-10/h6-7H,3-5,8H2,1-2H3,(H,13,14). The third-order valence-electron chi connectivity index (χ3n) is 3.22. The van der Waals surface area contributed by atoms with Crippen LogP contribution >= 0.6 is 0 Å². The largest absolute Gasteiger partial charge is 0.368 e. The maximum absolute atomic E-state index is 4.27. The van der Waals surface area contributed by atoms with E-state index in [-0.39, 0.29) is 0 Å². The highest BCUT2D eigenvalue weighted by Gasteiger charge is 2.40. The van der Waals surface area contributed by atoms with Crippen molar-refractivity contribution in [3.8, 4) is 0 Å². The van der Waals surface area contributed by atoms with Crippen LogP contribution in [-0.2, 0) is 0 Å². The molecule has 0 unspecified atom stereocenters. The minimum absolute atomic E-state index is 0.559. The summed E-state index contributed by atoms with van der Waals surface area (Å²) in [6.07, 6.45) is 7.44. The van der Waals surface area contributed by atoms with Crippen molar-refractivity contribution >= 4 is 5.82 Å². The van der Waals surface area contributed by atoms with Gasteiger partial charge in [-0.25, -0.2) is 4.98 Å². The Bertz CT molecular complexity index is 318. The maximum Gasteiger partial charge on any atom is 0.147 e. The topological polar surface area (TPSA) is 37.8 Å². The van der Waals surface area contributed by atoms with Gasteiger partial charge < -0.3 is 5.32 Å². The minimum Gasteiger partial charge on any atom is -0.368 e. The van der Waals surface area contributed by atoms with Crippen molar-refractivity contribution in [3.63, 3.8) is 0 Å². The smallest absolute Gasteiger partial charge is 0.147 e. The van der Waals surface area contributed by atoms with Gasteiger partial charge in [0.2, 0.25) is 0 Å². The average Bonchev–Trinajstić information content (AvgIpc) is 2.98. The van der Waals surface area contributed by atoms with E-state index < -0.39 is 0 Å². The van der Waals surface area contributed by atoms with E-state index in [4.69, 9.17) is 0 Å². The molecule has 2 rings (SSSR count). The first-order valence-corrected chi connectivity index (χ1v) is 5.27. The van der Waals surface area contributed by atoms with Gasteiger partial charge >= 0.3 is 0 Å². The summed E-state index contributed by atoms with van der Waals surface area (Å²) in [6, 6.07) is 0. The van der Waals surface area contributed by atoms with Gasteiger partial charge in [-0.2, -0.15) is 0 Å². The highest BCUT2D eigenvalue weighted by molar-refractivity contribution is 5.38. The molecule has 0 aromatic carbocycles. The molecule has 0 bridgehead atoms. The molecule has 0 saturated heterocycles. The van der Waals surface area contributed by atoms with Gasteiger partial charge in [-0.3, -0.25) is 4.98 Å². The van der Waals surface area contributed by atoms with E-state index >= 15 is 0 Å². The van der Waals surface area contributed by atoms with Gasteiger partial charge in [0, 0.05) is 18.9 Å². The molecule has 1 fully saturated rings. The fraction of sp³-hybridized carbons (Fsp3) is 0.636. The zero-order valence-corrected chi connectivity index (χ0v) is 8.88. The fourth-order valence-corrected chi connectivity index (χ4v) is 1.68. The number of aromatic nitrogens is 2. The Morgan fingerprint density at radius 3 is 2.64 bits per heavy atom. The molecule has 1 aliphatic rings. The number of anilines is 1. The summed E-state index contributed by atoms with van der Waals surface area (Å²) in [5.41, 5.74) is 1.55. The van der Waals surface area contributed by atoms with Gasteiger partial charge in [-0.15, -0.1) is 0 Å². The molecule has 1 N–H and O–H groups in total. The van der Waals surface area contributed by atoms with Crippen molar-refractivity contribution in [1.82, 2.24) is 9.97 Å². The number of nitrogens with zero attached hydrogens (tertiary/aromatic N) is 2. The molecule has 0 amide bonds. The van der Waals surface area contributed by atoms with Crippen molar-refractivity contribution in [2.75, 3.05) is 11.9 Å². The molecule has 1 saturated carbocycles. The van der Waals surface area contributed by atoms with Crippen LogP contribution in [-0.4, -0.2) is 16.5 Å². The Morgan fingerprint density at radius 2 is 2.07 bits per heavy atom. The second-order valence-electron chi connectivity index (χ2n) is 4.20. The summed E-state index contributed by atoms with van der Waals surface area (Å²) < 4.78 is 0. The molecule has 76 valence electrons. The molecular formula is C11H17N3. The quantitative estimate of drug-likeness (QED) is 0.794. The zero-order valence-electron chi connectivity index (χ0n) is 8.88. The van der Waals surface area contributed by atoms with Crippen LogP contribution in [0.1, 0.15) is 31.9 Å². The van der Waals surface area contributed by atoms with Crippen LogP contribution in [0.2, 0.25) is 0 Å². The van der Waals surface area contributed by atoms with E-state index in [1.165, 1.54) is 19.3 Å². The number of aryl methyl sites for hydroxylation is 1. The predicted molar refractivity (Wildman–Crippen MR) is 57.2 cm³/mol. The molecule has 0 atom stereocenters. The Morgan fingerprint density at radius 1 is 1.36 bits per heavy atom. The van der Waals surface area contributed by atoms with Crippen molar-refractivity contribution in [3.05, 3.63) is 18.1 Å². The summed E-state index contributed by atoms with van der Waals surface area (Å²) in [7, 11) is 0. The van der Waals surface area contributed by atoms with E-state index in [1.54, 1.807) is 12.4 Å². The second kappa shape index (κ2) is 3.56. The first-order chi connectivity index (χ1) is 6.76. The van der Waals surface area contributed by atoms with Crippen molar-refractivity contribution in [1.29, 1.82) is 0 Å². The lowest BCUT2D eigenvalue weighted by Crippen LogP contribution is -2.16. The van der Waals surface area contributed by atoms with Crippen LogP contribution in [0, 0.1) is 12.3 Å². The molecule has 0 spiro atoms. The van der Waals surface area contributed by atoms with E-state index in [0.29, 0.717) is 5.41 Å². The Kier molecular flexibility index (Phi) is 2.40. The number of hydrogen-bond donors (Lipinski definition) is 1. The lowest BCUT2D eigenvalue weighted by atomic mass is 10.0. The van der Waals surface area contributed by atoms with Crippen LogP contribution < -0.4 is 5.32 Å². The van der Waals surface area contributed by atoms with Gasteiger partial charge in [0.1, 0.15) is 5.82 Å². The van der Waals surface area contributed by atoms with Crippen LogP contribution in [0.3, 0.4) is 0 Å². The lowest BCUT2D eigenvalue weighted by molar-refractivity contribution is 0.520. The summed E-state index contributed by atoms with van der Waals surface area (Å²) in [6.45, 7) is 5.29. The van der Waals surface area contributed by atoms with E-state index in [1.807, 2.05) is 6.92 Å². The van der Waals surface area contributed by atoms with Gasteiger partial charge in [0.25, 0.3) is 0 Å². The SMILES string of the molecule is CCC1(CNc2nccnc2C)CC1. The first-order valence-electron chi connectivity index (χ1n) is 5.27. The summed E-state index contributed by atoms with van der Waals surface area (Å²) in [5.74, 6) is 0.937. The molecule has 0 radical (unpaired) electrons. The van der Waals surface area contributed by atoms with Gasteiger partial charge in [0.05, 0.1) is 5.69 Å². The molecule has 1 aliphatic carbocycles. The zero-order chi connectivity index (χ0) is 10.0. The average molecular weight is 191 g/mol. The van der Waals surface area contributed by atoms with Gasteiger partial charge in [-0.05, 0) is 31.6 Å². The highest BCUT2D eigenvalue weighted by Crippen LogP contribution is 2.48. The molecule has 14 heavy (non-hydrogen) atoms. The van der Waals surface area contributed by atoms with E-state index in [2.05, 4.69) is 22.2 Å². The monoisotopic (exact) mass is 191 g/mol. The van der Waals surface area contributed by atoms with Gasteiger partial charge in [-0.1, -0.05) is 6.92 Å². The van der Waals surface area contributed by atoms with Crippen molar-refractivity contribution in [2.24, 2.45) is 5.41 Å². The maximum atomic E-state index is 4.27. The third-order valence-corrected chi connectivity index (χ3v) is 3.22. The van der Waals surface area contributed by atoms with Crippen molar-refractivity contribution in [2.45, 2.75) is 33.1 Å². The fourth-order valence-electron chi connectivity index (χ4n) is 1.68.